The Balaban J connectivity index is 1.62. The Bertz CT molecular complexity index is 779. The van der Waals surface area contributed by atoms with Crippen molar-refractivity contribution < 1.29 is 19.4 Å². The smallest absolute Gasteiger partial charge is 0.344 e. The first kappa shape index (κ1) is 26.0. The summed E-state index contributed by atoms with van der Waals surface area (Å²) >= 11 is 0. The zero-order valence-electron chi connectivity index (χ0n) is 21.1. The molecule has 1 saturated carbocycles. The number of aliphatic hydroxyl groups is 1. The maximum absolute atomic E-state index is 12.2. The van der Waals surface area contributed by atoms with Crippen molar-refractivity contribution in [2.45, 2.75) is 110 Å². The number of ether oxygens (including phenoxy) is 2. The van der Waals surface area contributed by atoms with Crippen LogP contribution < -0.4 is 10.5 Å². The molecule has 0 spiro atoms. The van der Waals surface area contributed by atoms with Crippen LogP contribution in [0.4, 0.5) is 0 Å². The predicted molar refractivity (Wildman–Crippen MR) is 132 cm³/mol. The Labute approximate surface area is 200 Å². The number of rotatable bonds is 12. The highest BCUT2D eigenvalue weighted by molar-refractivity contribution is 5.71. The summed E-state index contributed by atoms with van der Waals surface area (Å²) in [5.74, 6) is 1.21. The van der Waals surface area contributed by atoms with E-state index in [0.717, 1.165) is 24.2 Å². The van der Waals surface area contributed by atoms with Gasteiger partial charge in [-0.3, -0.25) is 0 Å². The predicted octanol–water partition coefficient (Wildman–Crippen LogP) is 5.20. The first-order valence-electron chi connectivity index (χ1n) is 13.1. The van der Waals surface area contributed by atoms with Gasteiger partial charge in [0.05, 0.1) is 6.10 Å². The number of nitrogens with two attached hydrogens (primary N) is 1. The van der Waals surface area contributed by atoms with Crippen molar-refractivity contribution in [3.05, 3.63) is 29.3 Å². The maximum Gasteiger partial charge on any atom is 0.344 e. The second kappa shape index (κ2) is 11.7. The molecule has 0 aromatic heterocycles. The molecular formula is C28H45NO4. The quantitative estimate of drug-likeness (QED) is 0.332. The van der Waals surface area contributed by atoms with Crippen LogP contribution in [0, 0.1) is 17.8 Å². The molecule has 1 aromatic carbocycles. The summed E-state index contributed by atoms with van der Waals surface area (Å²) in [4.78, 5) is 12.2. The van der Waals surface area contributed by atoms with Gasteiger partial charge in [-0.05, 0) is 67.6 Å². The molecule has 33 heavy (non-hydrogen) atoms. The lowest BCUT2D eigenvalue weighted by molar-refractivity contribution is -0.152. The zero-order valence-corrected chi connectivity index (χ0v) is 21.1. The number of fused-ring (bicyclic) bond motifs is 2. The molecule has 186 valence electrons. The highest BCUT2D eigenvalue weighted by Crippen LogP contribution is 2.49. The molecule has 0 amide bonds. The van der Waals surface area contributed by atoms with Crippen molar-refractivity contribution >= 4 is 5.97 Å². The molecule has 5 atom stereocenters. The van der Waals surface area contributed by atoms with Gasteiger partial charge < -0.3 is 20.3 Å². The number of carbonyl (C=O) groups is 1. The molecule has 3 rings (SSSR count). The first-order valence-corrected chi connectivity index (χ1v) is 13.1. The van der Waals surface area contributed by atoms with Crippen LogP contribution in [0.15, 0.2) is 18.2 Å². The molecule has 5 heteroatoms. The summed E-state index contributed by atoms with van der Waals surface area (Å²) in [7, 11) is 0. The van der Waals surface area contributed by atoms with Crippen molar-refractivity contribution in [2.24, 2.45) is 23.5 Å². The van der Waals surface area contributed by atoms with E-state index >= 15 is 0 Å². The standard InChI is InChI=1S/C28H45NO4/c1-5-6-7-8-9-10-13-22-24-15-21-12-11-14-26(23(21)16-28(24,29)17-25(22)30)32-18-27(31)33-20(4)19(2)3/h11-12,14,19-20,22,24-25,30H,5-10,13,15-18,29H2,1-4H3/t20-,22-,24-,25-,28?/m1/s1. The molecule has 1 aromatic rings. The molecule has 0 aliphatic heterocycles. The summed E-state index contributed by atoms with van der Waals surface area (Å²) in [5.41, 5.74) is 8.87. The van der Waals surface area contributed by atoms with Crippen LogP contribution in [0.1, 0.15) is 90.2 Å². The lowest BCUT2D eigenvalue weighted by Gasteiger charge is -2.39. The number of carbonyl (C=O) groups excluding carboxylic acids is 1. The van der Waals surface area contributed by atoms with E-state index in [1.807, 2.05) is 32.9 Å². The Morgan fingerprint density at radius 3 is 2.64 bits per heavy atom. The van der Waals surface area contributed by atoms with E-state index < -0.39 is 5.54 Å². The third kappa shape index (κ3) is 6.51. The van der Waals surface area contributed by atoms with E-state index in [1.165, 1.54) is 44.1 Å². The molecule has 1 unspecified atom stereocenters. The number of esters is 1. The van der Waals surface area contributed by atoms with Crippen LogP contribution in [0.5, 0.6) is 5.75 Å². The number of unbranched alkanes of at least 4 members (excludes halogenated alkanes) is 5. The summed E-state index contributed by atoms with van der Waals surface area (Å²) in [5, 5.41) is 10.9. The van der Waals surface area contributed by atoms with Crippen LogP contribution in [0.25, 0.3) is 0 Å². The third-order valence-corrected chi connectivity index (χ3v) is 8.01. The van der Waals surface area contributed by atoms with E-state index in [1.54, 1.807) is 0 Å². The minimum atomic E-state index is -0.411. The summed E-state index contributed by atoms with van der Waals surface area (Å²) in [6.07, 6.45) is 10.4. The van der Waals surface area contributed by atoms with Gasteiger partial charge in [0, 0.05) is 5.54 Å². The first-order chi connectivity index (χ1) is 15.7. The van der Waals surface area contributed by atoms with E-state index in [0.29, 0.717) is 18.8 Å². The van der Waals surface area contributed by atoms with Gasteiger partial charge >= 0.3 is 5.97 Å². The fraction of sp³-hybridized carbons (Fsp3) is 0.750. The van der Waals surface area contributed by atoms with Crippen LogP contribution in [-0.4, -0.2) is 35.4 Å². The molecule has 0 heterocycles. The van der Waals surface area contributed by atoms with E-state index in [4.69, 9.17) is 15.2 Å². The number of hydrogen-bond acceptors (Lipinski definition) is 5. The fourth-order valence-electron chi connectivity index (χ4n) is 5.72. The number of aliphatic hydroxyl groups excluding tert-OH is 1. The van der Waals surface area contributed by atoms with Crippen molar-refractivity contribution in [3.8, 4) is 5.75 Å². The highest BCUT2D eigenvalue weighted by atomic mass is 16.6. The average Bonchev–Trinajstić information content (AvgIpc) is 3.01. The maximum atomic E-state index is 12.2. The van der Waals surface area contributed by atoms with Gasteiger partial charge in [-0.25, -0.2) is 4.79 Å². The summed E-state index contributed by atoms with van der Waals surface area (Å²) < 4.78 is 11.4. The minimum Gasteiger partial charge on any atom is -0.482 e. The third-order valence-electron chi connectivity index (χ3n) is 8.01. The fourth-order valence-corrected chi connectivity index (χ4v) is 5.72. The van der Waals surface area contributed by atoms with E-state index in [9.17, 15) is 9.90 Å². The van der Waals surface area contributed by atoms with Gasteiger partial charge in [0.1, 0.15) is 11.9 Å². The Morgan fingerprint density at radius 2 is 1.91 bits per heavy atom. The van der Waals surface area contributed by atoms with Gasteiger partial charge in [-0.1, -0.05) is 71.4 Å². The van der Waals surface area contributed by atoms with Gasteiger partial charge in [-0.15, -0.1) is 0 Å². The normalized spacial score (nSPS) is 27.2. The molecule has 5 nitrogen and oxygen atoms in total. The molecule has 3 N–H and O–H groups in total. The number of benzene rings is 1. The molecular weight excluding hydrogens is 414 g/mol. The van der Waals surface area contributed by atoms with E-state index in [-0.39, 0.29) is 36.6 Å². The monoisotopic (exact) mass is 459 g/mol. The molecule has 0 radical (unpaired) electrons. The zero-order chi connectivity index (χ0) is 24.0. The topological polar surface area (TPSA) is 81.8 Å². The summed E-state index contributed by atoms with van der Waals surface area (Å²) in [6.45, 7) is 8.10. The van der Waals surface area contributed by atoms with Gasteiger partial charge in [0.15, 0.2) is 6.61 Å². The second-order valence-electron chi connectivity index (χ2n) is 10.8. The van der Waals surface area contributed by atoms with Crippen molar-refractivity contribution in [2.75, 3.05) is 6.61 Å². The molecule has 0 bridgehead atoms. The van der Waals surface area contributed by atoms with Crippen LogP contribution in [0.2, 0.25) is 0 Å². The highest BCUT2D eigenvalue weighted by Gasteiger charge is 2.52. The average molecular weight is 460 g/mol. The van der Waals surface area contributed by atoms with Gasteiger partial charge in [0.25, 0.3) is 0 Å². The van der Waals surface area contributed by atoms with Crippen LogP contribution >= 0.6 is 0 Å². The molecule has 0 saturated heterocycles. The van der Waals surface area contributed by atoms with Crippen LogP contribution in [0.3, 0.4) is 0 Å². The van der Waals surface area contributed by atoms with Gasteiger partial charge in [0.2, 0.25) is 0 Å². The largest absolute Gasteiger partial charge is 0.482 e. The summed E-state index contributed by atoms with van der Waals surface area (Å²) in [6, 6.07) is 6.06. The molecule has 1 fully saturated rings. The van der Waals surface area contributed by atoms with Crippen molar-refractivity contribution in [1.29, 1.82) is 0 Å². The van der Waals surface area contributed by atoms with Gasteiger partial charge in [-0.2, -0.15) is 0 Å². The van der Waals surface area contributed by atoms with Crippen molar-refractivity contribution in [1.82, 2.24) is 0 Å². The number of hydrogen-bond donors (Lipinski definition) is 2. The Hall–Kier alpha value is -1.59. The Morgan fingerprint density at radius 1 is 1.18 bits per heavy atom. The molecule has 2 aliphatic carbocycles. The molecule has 2 aliphatic rings. The minimum absolute atomic E-state index is 0.0994. The van der Waals surface area contributed by atoms with Crippen molar-refractivity contribution in [3.63, 3.8) is 0 Å². The Kier molecular flexibility index (Phi) is 9.23. The van der Waals surface area contributed by atoms with E-state index in [2.05, 4.69) is 13.0 Å². The lowest BCUT2D eigenvalue weighted by Crippen LogP contribution is -2.50. The SMILES string of the molecule is CCCCCCCC[C@H]1[C@H](O)CC2(N)Cc3c(cccc3OCC(=O)O[C@H](C)C(C)C)C[C@H]12. The lowest BCUT2D eigenvalue weighted by atomic mass is 9.69. The van der Waals surface area contributed by atoms with Crippen LogP contribution in [-0.2, 0) is 22.4 Å². The second-order valence-corrected chi connectivity index (χ2v) is 10.8.